The molecule has 0 saturated carbocycles. The van der Waals surface area contributed by atoms with Crippen LogP contribution in [-0.2, 0) is 6.42 Å². The number of hydrogen-bond acceptors (Lipinski definition) is 3. The molecule has 3 heteroatoms. The highest BCUT2D eigenvalue weighted by molar-refractivity contribution is 5.60. The van der Waals surface area contributed by atoms with Crippen LogP contribution in [0.5, 0.6) is 5.75 Å². The summed E-state index contributed by atoms with van der Waals surface area (Å²) in [6.45, 7) is 5.64. The number of unbranched alkanes of at least 4 members (excludes halogenated alkanes) is 1. The zero-order valence-corrected chi connectivity index (χ0v) is 16.3. The molecule has 0 atom stereocenters. The summed E-state index contributed by atoms with van der Waals surface area (Å²) in [5.41, 5.74) is 3.69. The van der Waals surface area contributed by atoms with Crippen molar-refractivity contribution in [2.45, 2.75) is 33.1 Å². The molecule has 3 rings (SSSR count). The fourth-order valence-electron chi connectivity index (χ4n) is 3.04. The molecule has 0 radical (unpaired) electrons. The van der Waals surface area contributed by atoms with Crippen LogP contribution < -0.4 is 9.64 Å². The molecular formula is C24H28N2O. The van der Waals surface area contributed by atoms with Crippen molar-refractivity contribution in [1.29, 1.82) is 0 Å². The van der Waals surface area contributed by atoms with Crippen LogP contribution in [0.4, 0.5) is 11.5 Å². The van der Waals surface area contributed by atoms with Crippen molar-refractivity contribution in [3.8, 4) is 5.75 Å². The molecule has 1 aromatic heterocycles. The Labute approximate surface area is 162 Å². The minimum atomic E-state index is 0.596. The Kier molecular flexibility index (Phi) is 6.86. The molecule has 0 unspecified atom stereocenters. The lowest BCUT2D eigenvalue weighted by molar-refractivity contribution is 0.327. The highest BCUT2D eigenvalue weighted by atomic mass is 16.5. The summed E-state index contributed by atoms with van der Waals surface area (Å²) >= 11 is 0. The Bertz CT molecular complexity index is 815. The Morgan fingerprint density at radius 3 is 2.44 bits per heavy atom. The molecule has 1 heterocycles. The van der Waals surface area contributed by atoms with Crippen molar-refractivity contribution in [3.05, 3.63) is 84.1 Å². The van der Waals surface area contributed by atoms with Gasteiger partial charge in [0, 0.05) is 11.9 Å². The van der Waals surface area contributed by atoms with E-state index in [0.29, 0.717) is 6.61 Å². The van der Waals surface area contributed by atoms with Gasteiger partial charge >= 0.3 is 0 Å². The maximum atomic E-state index is 6.00. The van der Waals surface area contributed by atoms with Gasteiger partial charge in [-0.05, 0) is 67.3 Å². The first-order valence-corrected chi connectivity index (χ1v) is 9.73. The maximum Gasteiger partial charge on any atom is 0.133 e. The van der Waals surface area contributed by atoms with Crippen LogP contribution in [0.3, 0.4) is 0 Å². The van der Waals surface area contributed by atoms with Gasteiger partial charge < -0.3 is 9.64 Å². The number of ether oxygens (including phenoxy) is 1. The lowest BCUT2D eigenvalue weighted by atomic mass is 10.1. The molecule has 27 heavy (non-hydrogen) atoms. The van der Waals surface area contributed by atoms with Crippen LogP contribution in [-0.4, -0.2) is 18.1 Å². The average molecular weight is 361 g/mol. The van der Waals surface area contributed by atoms with Gasteiger partial charge in [0.25, 0.3) is 0 Å². The third-order valence-corrected chi connectivity index (χ3v) is 4.57. The molecule has 3 nitrogen and oxygen atoms in total. The van der Waals surface area contributed by atoms with Crippen LogP contribution in [0.25, 0.3) is 0 Å². The molecule has 0 N–H and O–H groups in total. The normalized spacial score (nSPS) is 10.6. The van der Waals surface area contributed by atoms with Crippen molar-refractivity contribution in [1.82, 2.24) is 4.98 Å². The van der Waals surface area contributed by atoms with Gasteiger partial charge in [0.05, 0.1) is 6.54 Å². The van der Waals surface area contributed by atoms with E-state index in [2.05, 4.69) is 66.2 Å². The molecule has 0 spiro atoms. The van der Waals surface area contributed by atoms with E-state index in [1.54, 1.807) is 0 Å². The number of benzene rings is 2. The number of aromatic nitrogens is 1. The molecule has 0 aliphatic carbocycles. The summed E-state index contributed by atoms with van der Waals surface area (Å²) in [4.78, 5) is 6.75. The summed E-state index contributed by atoms with van der Waals surface area (Å²) in [7, 11) is 0. The van der Waals surface area contributed by atoms with Gasteiger partial charge in [-0.2, -0.15) is 0 Å². The van der Waals surface area contributed by atoms with Crippen LogP contribution in [0, 0.1) is 6.92 Å². The summed E-state index contributed by atoms with van der Waals surface area (Å²) in [5.74, 6) is 1.86. The standard InChI is InChI=1S/C24H28N2O/c1-3-4-8-21-11-13-23(14-12-21)27-18-17-26(22-9-6-5-7-10-22)24-19-20(2)15-16-25-24/h5-7,9-16,19H,3-4,8,17-18H2,1-2H3. The van der Waals surface area contributed by atoms with Crippen molar-refractivity contribution >= 4 is 11.5 Å². The molecule has 140 valence electrons. The van der Waals surface area contributed by atoms with Crippen molar-refractivity contribution in [3.63, 3.8) is 0 Å². The zero-order chi connectivity index (χ0) is 18.9. The molecular weight excluding hydrogens is 332 g/mol. The number of pyridine rings is 1. The monoisotopic (exact) mass is 360 g/mol. The molecule has 0 aliphatic rings. The lowest BCUT2D eigenvalue weighted by Gasteiger charge is -2.24. The summed E-state index contributed by atoms with van der Waals surface area (Å²) < 4.78 is 6.00. The lowest BCUT2D eigenvalue weighted by Crippen LogP contribution is -2.24. The summed E-state index contributed by atoms with van der Waals surface area (Å²) in [6, 6.07) is 22.9. The number of rotatable bonds is 9. The van der Waals surface area contributed by atoms with Gasteiger partial charge in [0.2, 0.25) is 0 Å². The number of anilines is 2. The predicted octanol–water partition coefficient (Wildman–Crippen LogP) is 5.95. The number of hydrogen-bond donors (Lipinski definition) is 0. The highest BCUT2D eigenvalue weighted by Gasteiger charge is 2.11. The minimum absolute atomic E-state index is 0.596. The Balaban J connectivity index is 1.65. The van der Waals surface area contributed by atoms with Gasteiger partial charge in [-0.3, -0.25) is 0 Å². The van der Waals surface area contributed by atoms with Gasteiger partial charge in [-0.25, -0.2) is 4.98 Å². The Morgan fingerprint density at radius 2 is 1.74 bits per heavy atom. The Morgan fingerprint density at radius 1 is 0.963 bits per heavy atom. The van der Waals surface area contributed by atoms with Crippen LogP contribution in [0.2, 0.25) is 0 Å². The minimum Gasteiger partial charge on any atom is -0.492 e. The maximum absolute atomic E-state index is 6.00. The van der Waals surface area contributed by atoms with E-state index in [1.807, 2.05) is 30.5 Å². The number of nitrogens with zero attached hydrogens (tertiary/aromatic N) is 2. The molecule has 0 fully saturated rings. The largest absolute Gasteiger partial charge is 0.492 e. The molecule has 0 saturated heterocycles. The van der Waals surface area contributed by atoms with E-state index in [9.17, 15) is 0 Å². The second kappa shape index (κ2) is 9.77. The van der Waals surface area contributed by atoms with E-state index in [1.165, 1.54) is 24.0 Å². The highest BCUT2D eigenvalue weighted by Crippen LogP contribution is 2.23. The molecule has 3 aromatic rings. The average Bonchev–Trinajstić information content (AvgIpc) is 2.71. The van der Waals surface area contributed by atoms with E-state index in [-0.39, 0.29) is 0 Å². The molecule has 0 aliphatic heterocycles. The van der Waals surface area contributed by atoms with Crippen LogP contribution in [0.1, 0.15) is 30.9 Å². The van der Waals surface area contributed by atoms with Crippen molar-refractivity contribution in [2.75, 3.05) is 18.1 Å². The third-order valence-electron chi connectivity index (χ3n) is 4.57. The van der Waals surface area contributed by atoms with E-state index in [4.69, 9.17) is 4.74 Å². The van der Waals surface area contributed by atoms with Crippen LogP contribution in [0.15, 0.2) is 72.9 Å². The van der Waals surface area contributed by atoms with Crippen LogP contribution >= 0.6 is 0 Å². The topological polar surface area (TPSA) is 25.4 Å². The molecule has 0 amide bonds. The molecule has 2 aromatic carbocycles. The van der Waals surface area contributed by atoms with Gasteiger partial charge in [-0.15, -0.1) is 0 Å². The first-order valence-electron chi connectivity index (χ1n) is 9.73. The summed E-state index contributed by atoms with van der Waals surface area (Å²) in [5, 5.41) is 0. The predicted molar refractivity (Wildman–Crippen MR) is 113 cm³/mol. The second-order valence-electron chi connectivity index (χ2n) is 6.77. The van der Waals surface area contributed by atoms with Gasteiger partial charge in [0.15, 0.2) is 0 Å². The third kappa shape index (κ3) is 5.58. The van der Waals surface area contributed by atoms with Crippen molar-refractivity contribution < 1.29 is 4.74 Å². The van der Waals surface area contributed by atoms with E-state index < -0.39 is 0 Å². The number of para-hydroxylation sites is 1. The SMILES string of the molecule is CCCCc1ccc(OCCN(c2ccccc2)c2cc(C)ccn2)cc1. The smallest absolute Gasteiger partial charge is 0.133 e. The molecule has 0 bridgehead atoms. The first kappa shape index (κ1) is 19.0. The van der Waals surface area contributed by atoms with Crippen molar-refractivity contribution in [2.24, 2.45) is 0 Å². The first-order chi connectivity index (χ1) is 13.3. The van der Waals surface area contributed by atoms with Gasteiger partial charge in [-0.1, -0.05) is 43.7 Å². The zero-order valence-electron chi connectivity index (χ0n) is 16.3. The fourth-order valence-corrected chi connectivity index (χ4v) is 3.04. The second-order valence-corrected chi connectivity index (χ2v) is 6.77. The fraction of sp³-hybridized carbons (Fsp3) is 0.292. The Hall–Kier alpha value is -2.81. The van der Waals surface area contributed by atoms with Gasteiger partial charge in [0.1, 0.15) is 18.2 Å². The van der Waals surface area contributed by atoms with E-state index >= 15 is 0 Å². The summed E-state index contributed by atoms with van der Waals surface area (Å²) in [6.07, 6.45) is 5.45. The number of aryl methyl sites for hydroxylation is 2. The quantitative estimate of drug-likeness (QED) is 0.471. The van der Waals surface area contributed by atoms with E-state index in [0.717, 1.165) is 30.2 Å².